The van der Waals surface area contributed by atoms with Gasteiger partial charge >= 0.3 is 0 Å². The Morgan fingerprint density at radius 2 is 1.70 bits per heavy atom. The van der Waals surface area contributed by atoms with Crippen molar-refractivity contribution in [3.05, 3.63) is 41.0 Å². The summed E-state index contributed by atoms with van der Waals surface area (Å²) in [4.78, 5) is 8.95. The molecule has 1 heterocycles. The fourth-order valence-corrected chi connectivity index (χ4v) is 2.02. The van der Waals surface area contributed by atoms with Crippen LogP contribution in [0.3, 0.4) is 0 Å². The molecule has 0 amide bonds. The van der Waals surface area contributed by atoms with Gasteiger partial charge in [-0.1, -0.05) is 20.8 Å². The molecule has 2 rings (SSSR count). The summed E-state index contributed by atoms with van der Waals surface area (Å²) in [6.45, 7) is 9.79. The number of halogens is 1. The Labute approximate surface area is 119 Å². The second kappa shape index (κ2) is 4.85. The normalized spacial score (nSPS) is 11.7. The van der Waals surface area contributed by atoms with Crippen molar-refractivity contribution in [2.24, 2.45) is 0 Å². The van der Waals surface area contributed by atoms with Crippen LogP contribution in [-0.2, 0) is 5.41 Å². The van der Waals surface area contributed by atoms with Gasteiger partial charge in [0, 0.05) is 16.5 Å². The largest absolute Gasteiger partial charge is 0.383 e. The second-order valence-electron chi connectivity index (χ2n) is 6.17. The average Bonchev–Trinajstić information content (AvgIpc) is 2.29. The van der Waals surface area contributed by atoms with Gasteiger partial charge in [-0.05, 0) is 37.6 Å². The van der Waals surface area contributed by atoms with Crippen LogP contribution in [0.1, 0.15) is 37.7 Å². The van der Waals surface area contributed by atoms with E-state index in [-0.39, 0.29) is 11.2 Å². The molecule has 2 N–H and O–H groups in total. The SMILES string of the molecule is Cc1cc(F)cc(-c2nc(C(C)(C)C)nc(N)c2C)c1. The molecule has 4 heteroatoms. The standard InChI is InChI=1S/C16H20FN3/c1-9-6-11(8-12(17)7-9)13-10(2)14(18)20-15(19-13)16(3,4)5/h6-8H,1-5H3,(H2,18,19,20). The van der Waals surface area contributed by atoms with Crippen LogP contribution < -0.4 is 5.73 Å². The van der Waals surface area contributed by atoms with E-state index >= 15 is 0 Å². The van der Waals surface area contributed by atoms with Gasteiger partial charge < -0.3 is 5.73 Å². The maximum atomic E-state index is 13.6. The van der Waals surface area contributed by atoms with Crippen molar-refractivity contribution >= 4 is 5.82 Å². The van der Waals surface area contributed by atoms with Crippen molar-refractivity contribution in [1.82, 2.24) is 9.97 Å². The molecule has 2 aromatic rings. The third-order valence-electron chi connectivity index (χ3n) is 3.17. The van der Waals surface area contributed by atoms with Crippen molar-refractivity contribution in [3.8, 4) is 11.3 Å². The number of benzene rings is 1. The quantitative estimate of drug-likeness (QED) is 0.860. The molecule has 0 spiro atoms. The van der Waals surface area contributed by atoms with E-state index in [0.717, 1.165) is 16.7 Å². The van der Waals surface area contributed by atoms with Gasteiger partial charge in [0.1, 0.15) is 17.5 Å². The third kappa shape index (κ3) is 2.79. The predicted octanol–water partition coefficient (Wildman–Crippen LogP) is 3.78. The van der Waals surface area contributed by atoms with E-state index in [0.29, 0.717) is 17.3 Å². The zero-order valence-corrected chi connectivity index (χ0v) is 12.6. The first-order valence-corrected chi connectivity index (χ1v) is 6.60. The third-order valence-corrected chi connectivity index (χ3v) is 3.17. The fourth-order valence-electron chi connectivity index (χ4n) is 2.02. The first-order chi connectivity index (χ1) is 9.18. The molecule has 1 aromatic heterocycles. The molecule has 0 saturated heterocycles. The zero-order valence-electron chi connectivity index (χ0n) is 12.6. The van der Waals surface area contributed by atoms with E-state index in [1.54, 1.807) is 0 Å². The van der Waals surface area contributed by atoms with Crippen molar-refractivity contribution in [2.75, 3.05) is 5.73 Å². The van der Waals surface area contributed by atoms with Crippen LogP contribution in [0, 0.1) is 19.7 Å². The topological polar surface area (TPSA) is 51.8 Å². The van der Waals surface area contributed by atoms with E-state index < -0.39 is 0 Å². The van der Waals surface area contributed by atoms with Crippen LogP contribution in [0.5, 0.6) is 0 Å². The Morgan fingerprint density at radius 1 is 1.05 bits per heavy atom. The summed E-state index contributed by atoms with van der Waals surface area (Å²) in [6.07, 6.45) is 0. The van der Waals surface area contributed by atoms with Gasteiger partial charge in [-0.2, -0.15) is 0 Å². The lowest BCUT2D eigenvalue weighted by molar-refractivity contribution is 0.546. The van der Waals surface area contributed by atoms with Crippen LogP contribution in [0.4, 0.5) is 10.2 Å². The molecule has 0 aliphatic carbocycles. The van der Waals surface area contributed by atoms with Gasteiger partial charge in [-0.3, -0.25) is 0 Å². The number of nitrogens with two attached hydrogens (primary N) is 1. The Hall–Kier alpha value is -1.97. The van der Waals surface area contributed by atoms with Crippen molar-refractivity contribution in [3.63, 3.8) is 0 Å². The lowest BCUT2D eigenvalue weighted by Crippen LogP contribution is -2.18. The molecule has 0 bridgehead atoms. The number of nitrogen functional groups attached to an aromatic ring is 1. The minimum atomic E-state index is -0.270. The molecule has 20 heavy (non-hydrogen) atoms. The molecular weight excluding hydrogens is 253 g/mol. The minimum absolute atomic E-state index is 0.209. The highest BCUT2D eigenvalue weighted by Crippen LogP contribution is 2.29. The molecule has 106 valence electrons. The molecule has 0 radical (unpaired) electrons. The molecule has 3 nitrogen and oxygen atoms in total. The summed E-state index contributed by atoms with van der Waals surface area (Å²) in [5.74, 6) is 0.841. The van der Waals surface area contributed by atoms with Crippen molar-refractivity contribution < 1.29 is 4.39 Å². The molecular formula is C16H20FN3. The molecule has 0 unspecified atom stereocenters. The maximum absolute atomic E-state index is 13.6. The van der Waals surface area contributed by atoms with E-state index in [1.807, 2.05) is 40.7 Å². The lowest BCUT2D eigenvalue weighted by Gasteiger charge is -2.19. The average molecular weight is 273 g/mol. The Balaban J connectivity index is 2.70. The lowest BCUT2D eigenvalue weighted by atomic mass is 9.94. The number of nitrogens with zero attached hydrogens (tertiary/aromatic N) is 2. The molecule has 0 aliphatic heterocycles. The van der Waals surface area contributed by atoms with Crippen molar-refractivity contribution in [1.29, 1.82) is 0 Å². The Kier molecular flexibility index (Phi) is 3.50. The molecule has 0 aliphatic rings. The van der Waals surface area contributed by atoms with Gasteiger partial charge in [0.25, 0.3) is 0 Å². The first-order valence-electron chi connectivity index (χ1n) is 6.60. The molecule has 0 saturated carbocycles. The second-order valence-corrected chi connectivity index (χ2v) is 6.17. The van der Waals surface area contributed by atoms with Crippen LogP contribution in [0.2, 0.25) is 0 Å². The van der Waals surface area contributed by atoms with Crippen molar-refractivity contribution in [2.45, 2.75) is 40.0 Å². The van der Waals surface area contributed by atoms with Crippen LogP contribution in [0.25, 0.3) is 11.3 Å². The summed E-state index contributed by atoms with van der Waals surface area (Å²) < 4.78 is 13.6. The number of rotatable bonds is 1. The zero-order chi connectivity index (χ0) is 15.1. The molecule has 1 aromatic carbocycles. The Bertz CT molecular complexity index is 637. The van der Waals surface area contributed by atoms with E-state index in [9.17, 15) is 4.39 Å². The summed E-state index contributed by atoms with van der Waals surface area (Å²) in [5.41, 5.74) is 8.85. The highest BCUT2D eigenvalue weighted by Gasteiger charge is 2.21. The van der Waals surface area contributed by atoms with Gasteiger partial charge in [0.15, 0.2) is 0 Å². The van der Waals surface area contributed by atoms with Gasteiger partial charge in [0.05, 0.1) is 5.69 Å². The molecule has 0 atom stereocenters. The number of aryl methyl sites for hydroxylation is 1. The van der Waals surface area contributed by atoms with E-state index in [1.165, 1.54) is 12.1 Å². The van der Waals surface area contributed by atoms with Crippen LogP contribution in [0.15, 0.2) is 18.2 Å². The van der Waals surface area contributed by atoms with Crippen LogP contribution in [-0.4, -0.2) is 9.97 Å². The number of hydrogen-bond donors (Lipinski definition) is 1. The Morgan fingerprint density at radius 3 is 2.25 bits per heavy atom. The smallest absolute Gasteiger partial charge is 0.136 e. The van der Waals surface area contributed by atoms with Gasteiger partial charge in [-0.15, -0.1) is 0 Å². The maximum Gasteiger partial charge on any atom is 0.136 e. The van der Waals surface area contributed by atoms with Gasteiger partial charge in [-0.25, -0.2) is 14.4 Å². The van der Waals surface area contributed by atoms with E-state index in [4.69, 9.17) is 5.73 Å². The highest BCUT2D eigenvalue weighted by molar-refractivity contribution is 5.68. The molecule has 0 fully saturated rings. The highest BCUT2D eigenvalue weighted by atomic mass is 19.1. The summed E-state index contributed by atoms with van der Waals surface area (Å²) in [7, 11) is 0. The van der Waals surface area contributed by atoms with Crippen LogP contribution >= 0.6 is 0 Å². The summed E-state index contributed by atoms with van der Waals surface area (Å²) >= 11 is 0. The van der Waals surface area contributed by atoms with Gasteiger partial charge in [0.2, 0.25) is 0 Å². The predicted molar refractivity (Wildman–Crippen MR) is 80.0 cm³/mol. The number of anilines is 1. The first kappa shape index (κ1) is 14.4. The summed E-state index contributed by atoms with van der Waals surface area (Å²) in [6, 6.07) is 4.88. The minimum Gasteiger partial charge on any atom is -0.383 e. The monoisotopic (exact) mass is 273 g/mol. The summed E-state index contributed by atoms with van der Waals surface area (Å²) in [5, 5.41) is 0. The fraction of sp³-hybridized carbons (Fsp3) is 0.375. The van der Waals surface area contributed by atoms with E-state index in [2.05, 4.69) is 9.97 Å². The number of aromatic nitrogens is 2. The number of hydrogen-bond acceptors (Lipinski definition) is 3.